The Kier molecular flexibility index (Phi) is 3.37. The Morgan fingerprint density at radius 2 is 2.07 bits per heavy atom. The lowest BCUT2D eigenvalue weighted by atomic mass is 10.1. The molecule has 146 valence electrons. The van der Waals surface area contributed by atoms with Crippen molar-refractivity contribution in [3.8, 4) is 0 Å². The number of hydrogen-bond donors (Lipinski definition) is 0. The predicted molar refractivity (Wildman–Crippen MR) is 102 cm³/mol. The SMILES string of the molecule is O=C(c1cn2cccnc2n1)N1CC[C@@]23O[C@@H](c4ccccc4)CN2C(=O)C[C@@H]13. The summed E-state index contributed by atoms with van der Waals surface area (Å²) in [6.45, 7) is 1.07. The average molecular weight is 389 g/mol. The van der Waals surface area contributed by atoms with E-state index < -0.39 is 5.72 Å². The monoisotopic (exact) mass is 389 g/mol. The number of amides is 2. The number of rotatable bonds is 2. The molecular formula is C21H19N5O3. The average Bonchev–Trinajstić information content (AvgIpc) is 3.48. The first kappa shape index (κ1) is 16.7. The number of carbonyl (C=O) groups is 2. The number of benzene rings is 1. The fraction of sp³-hybridized carbons (Fsp3) is 0.333. The molecule has 0 unspecified atom stereocenters. The largest absolute Gasteiger partial charge is 0.343 e. The number of ether oxygens (including phenoxy) is 1. The van der Waals surface area contributed by atoms with Crippen molar-refractivity contribution in [2.24, 2.45) is 0 Å². The van der Waals surface area contributed by atoms with Crippen molar-refractivity contribution in [2.75, 3.05) is 13.1 Å². The smallest absolute Gasteiger partial charge is 0.274 e. The van der Waals surface area contributed by atoms with Gasteiger partial charge in [-0.15, -0.1) is 0 Å². The van der Waals surface area contributed by atoms with Crippen molar-refractivity contribution in [3.05, 3.63) is 66.2 Å². The molecule has 2 amide bonds. The van der Waals surface area contributed by atoms with Gasteiger partial charge in [-0.1, -0.05) is 30.3 Å². The lowest BCUT2D eigenvalue weighted by Gasteiger charge is -2.31. The molecule has 3 aliphatic rings. The van der Waals surface area contributed by atoms with Crippen LogP contribution in [0.4, 0.5) is 0 Å². The molecule has 1 aromatic carbocycles. The zero-order chi connectivity index (χ0) is 19.6. The van der Waals surface area contributed by atoms with Crippen LogP contribution >= 0.6 is 0 Å². The van der Waals surface area contributed by atoms with E-state index in [-0.39, 0.29) is 24.0 Å². The maximum Gasteiger partial charge on any atom is 0.274 e. The van der Waals surface area contributed by atoms with Gasteiger partial charge in [-0.05, 0) is 11.6 Å². The molecule has 8 heteroatoms. The minimum atomic E-state index is -0.731. The Balaban J connectivity index is 1.32. The Morgan fingerprint density at radius 3 is 2.90 bits per heavy atom. The molecule has 3 aliphatic heterocycles. The van der Waals surface area contributed by atoms with Crippen molar-refractivity contribution in [1.82, 2.24) is 24.2 Å². The predicted octanol–water partition coefficient (Wildman–Crippen LogP) is 1.64. The molecule has 5 heterocycles. The van der Waals surface area contributed by atoms with Crippen LogP contribution in [0.5, 0.6) is 0 Å². The van der Waals surface area contributed by atoms with Crippen LogP contribution in [0.25, 0.3) is 5.78 Å². The minimum Gasteiger partial charge on any atom is -0.343 e. The third-order valence-corrected chi connectivity index (χ3v) is 6.32. The summed E-state index contributed by atoms with van der Waals surface area (Å²) in [5.74, 6) is 0.344. The van der Waals surface area contributed by atoms with Crippen molar-refractivity contribution in [3.63, 3.8) is 0 Å². The van der Waals surface area contributed by atoms with E-state index in [9.17, 15) is 9.59 Å². The van der Waals surface area contributed by atoms with E-state index in [1.807, 2.05) is 41.4 Å². The molecule has 29 heavy (non-hydrogen) atoms. The number of imidazole rings is 1. The molecule has 0 bridgehead atoms. The van der Waals surface area contributed by atoms with Gasteiger partial charge >= 0.3 is 0 Å². The fourth-order valence-electron chi connectivity index (χ4n) is 4.99. The van der Waals surface area contributed by atoms with Crippen LogP contribution in [0.2, 0.25) is 0 Å². The van der Waals surface area contributed by atoms with Crippen LogP contribution in [0.1, 0.15) is 35.0 Å². The van der Waals surface area contributed by atoms with E-state index in [1.54, 1.807) is 27.8 Å². The molecule has 0 radical (unpaired) electrons. The zero-order valence-electron chi connectivity index (χ0n) is 15.6. The Morgan fingerprint density at radius 1 is 1.21 bits per heavy atom. The first-order valence-corrected chi connectivity index (χ1v) is 9.80. The van der Waals surface area contributed by atoms with E-state index in [0.717, 1.165) is 5.56 Å². The quantitative estimate of drug-likeness (QED) is 0.666. The van der Waals surface area contributed by atoms with Crippen LogP contribution in [0, 0.1) is 0 Å². The van der Waals surface area contributed by atoms with Gasteiger partial charge in [0.25, 0.3) is 5.91 Å². The Hall–Kier alpha value is -3.26. The number of fused-ring (bicyclic) bond motifs is 1. The van der Waals surface area contributed by atoms with Gasteiger partial charge in [-0.3, -0.25) is 14.0 Å². The van der Waals surface area contributed by atoms with E-state index in [4.69, 9.17) is 4.74 Å². The van der Waals surface area contributed by atoms with Gasteiger partial charge in [0.2, 0.25) is 11.7 Å². The summed E-state index contributed by atoms with van der Waals surface area (Å²) in [5, 5.41) is 0. The topological polar surface area (TPSA) is 80.0 Å². The van der Waals surface area contributed by atoms with Crippen LogP contribution in [0.3, 0.4) is 0 Å². The summed E-state index contributed by atoms with van der Waals surface area (Å²) in [6.07, 6.45) is 5.88. The minimum absolute atomic E-state index is 0.0441. The normalized spacial score (nSPS) is 28.2. The standard InChI is InChI=1S/C21H19N5O3/c27-18-11-17-21(26(18)13-16(29-21)14-5-2-1-3-6-14)7-10-25(17)19(28)15-12-24-9-4-8-22-20(24)23-15/h1-6,8-9,12,16-17H,7,10-11,13H2/t16-,17-,21+/m1/s1. The third-order valence-electron chi connectivity index (χ3n) is 6.32. The maximum atomic E-state index is 13.2. The van der Waals surface area contributed by atoms with Crippen LogP contribution < -0.4 is 0 Å². The van der Waals surface area contributed by atoms with Gasteiger partial charge in [0.05, 0.1) is 19.0 Å². The van der Waals surface area contributed by atoms with Crippen molar-refractivity contribution >= 4 is 17.6 Å². The third kappa shape index (κ3) is 2.29. The fourth-order valence-corrected chi connectivity index (χ4v) is 4.99. The zero-order valence-corrected chi connectivity index (χ0v) is 15.6. The molecule has 3 aromatic rings. The lowest BCUT2D eigenvalue weighted by molar-refractivity contribution is -0.138. The summed E-state index contributed by atoms with van der Waals surface area (Å²) in [5.41, 5.74) is 0.660. The Bertz CT molecular complexity index is 1100. The maximum absolute atomic E-state index is 13.2. The van der Waals surface area contributed by atoms with Gasteiger partial charge in [-0.2, -0.15) is 0 Å². The first-order valence-electron chi connectivity index (χ1n) is 9.80. The molecule has 3 fully saturated rings. The molecule has 0 N–H and O–H groups in total. The van der Waals surface area contributed by atoms with E-state index in [1.165, 1.54) is 0 Å². The highest BCUT2D eigenvalue weighted by molar-refractivity contribution is 5.94. The molecule has 2 aromatic heterocycles. The molecule has 8 nitrogen and oxygen atoms in total. The van der Waals surface area contributed by atoms with Crippen molar-refractivity contribution in [2.45, 2.75) is 30.7 Å². The number of hydrogen-bond acceptors (Lipinski definition) is 5. The second-order valence-electron chi connectivity index (χ2n) is 7.79. The Labute approximate surface area is 166 Å². The number of likely N-dealkylation sites (tertiary alicyclic amines) is 1. The highest BCUT2D eigenvalue weighted by Crippen LogP contribution is 2.50. The van der Waals surface area contributed by atoms with Crippen molar-refractivity contribution in [1.29, 1.82) is 0 Å². The second kappa shape index (κ2) is 5.87. The van der Waals surface area contributed by atoms with Gasteiger partial charge in [-0.25, -0.2) is 9.97 Å². The molecule has 3 atom stereocenters. The van der Waals surface area contributed by atoms with E-state index in [0.29, 0.717) is 37.4 Å². The van der Waals surface area contributed by atoms with Crippen LogP contribution in [0.15, 0.2) is 55.0 Å². The summed E-state index contributed by atoms with van der Waals surface area (Å²) < 4.78 is 8.23. The van der Waals surface area contributed by atoms with E-state index in [2.05, 4.69) is 9.97 Å². The molecule has 6 rings (SSSR count). The second-order valence-corrected chi connectivity index (χ2v) is 7.79. The van der Waals surface area contributed by atoms with Crippen LogP contribution in [-0.2, 0) is 9.53 Å². The highest BCUT2D eigenvalue weighted by Gasteiger charge is 2.65. The van der Waals surface area contributed by atoms with Gasteiger partial charge in [0.15, 0.2) is 5.72 Å². The van der Waals surface area contributed by atoms with Crippen LogP contribution in [-0.4, -0.2) is 60.8 Å². The van der Waals surface area contributed by atoms with Gasteiger partial charge in [0, 0.05) is 31.6 Å². The summed E-state index contributed by atoms with van der Waals surface area (Å²) in [7, 11) is 0. The van der Waals surface area contributed by atoms with Gasteiger partial charge < -0.3 is 14.5 Å². The van der Waals surface area contributed by atoms with Crippen molar-refractivity contribution < 1.29 is 14.3 Å². The molecule has 0 aliphatic carbocycles. The molecule has 3 saturated heterocycles. The molecule has 0 saturated carbocycles. The number of nitrogens with zero attached hydrogens (tertiary/aromatic N) is 5. The summed E-state index contributed by atoms with van der Waals surface area (Å²) >= 11 is 0. The number of carbonyl (C=O) groups excluding carboxylic acids is 2. The van der Waals surface area contributed by atoms with E-state index >= 15 is 0 Å². The first-order chi connectivity index (χ1) is 14.2. The number of aromatic nitrogens is 3. The van der Waals surface area contributed by atoms with Gasteiger partial charge in [0.1, 0.15) is 11.8 Å². The summed E-state index contributed by atoms with van der Waals surface area (Å²) in [4.78, 5) is 38.1. The lowest BCUT2D eigenvalue weighted by Crippen LogP contribution is -2.48. The molecular weight excluding hydrogens is 370 g/mol. The summed E-state index contributed by atoms with van der Waals surface area (Å²) in [6, 6.07) is 11.4. The molecule has 1 spiro atoms. The highest BCUT2D eigenvalue weighted by atomic mass is 16.5.